The molecule has 1 N–H and O–H groups in total. The second kappa shape index (κ2) is 8.61. The van der Waals surface area contributed by atoms with Crippen LogP contribution < -0.4 is 5.32 Å². The minimum Gasteiger partial charge on any atom is -0.457 e. The molecule has 6 nitrogen and oxygen atoms in total. The molecule has 3 aromatic rings. The third kappa shape index (κ3) is 4.11. The second-order valence-corrected chi connectivity index (χ2v) is 8.55. The fraction of sp³-hybridized carbons (Fsp3) is 0.217. The molecular weight excluding hydrogens is 434 g/mol. The van der Waals surface area contributed by atoms with E-state index in [4.69, 9.17) is 16.3 Å². The Morgan fingerprint density at radius 2 is 1.94 bits per heavy atom. The highest BCUT2D eigenvalue weighted by atomic mass is 35.5. The number of nitrogens with one attached hydrogen (secondary N) is 1. The van der Waals surface area contributed by atoms with Crippen molar-refractivity contribution in [2.75, 3.05) is 0 Å². The van der Waals surface area contributed by atoms with E-state index in [1.54, 1.807) is 24.5 Å². The number of rotatable bonds is 5. The maximum absolute atomic E-state index is 13.3. The first-order valence-electron chi connectivity index (χ1n) is 9.66. The number of ether oxygens (including phenoxy) is 1. The number of hydrogen-bond donors (Lipinski definition) is 1. The number of Topliss-reactive ketones (excluding diaryl/α,β-unsaturated/α-hetero) is 1. The standard InChI is InChI=1S/C23H20ClN3O3S/c1-12-19(14(3)28)21(17-11-31-22-16(17)5-4-7-26-22)20(13(2)27-12)23(29)30-10-15-6-8-25-18(24)9-15/h4-9,11,21,27H,10H2,1-3H3. The summed E-state index contributed by atoms with van der Waals surface area (Å²) >= 11 is 7.42. The van der Waals surface area contributed by atoms with Crippen LogP contribution in [0.1, 0.15) is 37.8 Å². The zero-order valence-corrected chi connectivity index (χ0v) is 18.8. The average Bonchev–Trinajstić information content (AvgIpc) is 3.15. The van der Waals surface area contributed by atoms with Gasteiger partial charge < -0.3 is 10.1 Å². The molecule has 0 radical (unpaired) electrons. The molecule has 4 heterocycles. The molecular formula is C23H20ClN3O3S. The van der Waals surface area contributed by atoms with Crippen LogP contribution in [0, 0.1) is 0 Å². The van der Waals surface area contributed by atoms with Crippen molar-refractivity contribution in [1.82, 2.24) is 15.3 Å². The van der Waals surface area contributed by atoms with Gasteiger partial charge in [0.05, 0.1) is 5.57 Å². The summed E-state index contributed by atoms with van der Waals surface area (Å²) in [5.74, 6) is -1.13. The molecule has 1 aliphatic rings. The van der Waals surface area contributed by atoms with E-state index in [0.717, 1.165) is 27.0 Å². The van der Waals surface area contributed by atoms with Gasteiger partial charge in [0.15, 0.2) is 5.78 Å². The first-order valence-corrected chi connectivity index (χ1v) is 10.9. The molecule has 0 saturated carbocycles. The Bertz CT molecular complexity index is 1260. The number of fused-ring (bicyclic) bond motifs is 1. The number of halogens is 1. The Morgan fingerprint density at radius 3 is 2.68 bits per heavy atom. The number of thiophene rings is 1. The number of carbonyl (C=O) groups is 2. The number of hydrogen-bond acceptors (Lipinski definition) is 7. The second-order valence-electron chi connectivity index (χ2n) is 7.30. The van der Waals surface area contributed by atoms with E-state index < -0.39 is 11.9 Å². The zero-order valence-electron chi connectivity index (χ0n) is 17.2. The van der Waals surface area contributed by atoms with Gasteiger partial charge in [-0.05, 0) is 55.5 Å². The molecule has 0 saturated heterocycles. The van der Waals surface area contributed by atoms with Gasteiger partial charge in [0.1, 0.15) is 16.6 Å². The molecule has 0 aromatic carbocycles. The van der Waals surface area contributed by atoms with Crippen LogP contribution in [0.5, 0.6) is 0 Å². The van der Waals surface area contributed by atoms with Gasteiger partial charge in [0.25, 0.3) is 0 Å². The summed E-state index contributed by atoms with van der Waals surface area (Å²) in [6, 6.07) is 7.20. The molecule has 31 heavy (non-hydrogen) atoms. The van der Waals surface area contributed by atoms with Crippen molar-refractivity contribution < 1.29 is 14.3 Å². The Balaban J connectivity index is 1.76. The highest BCUT2D eigenvalue weighted by Gasteiger charge is 2.37. The molecule has 3 aromatic heterocycles. The summed E-state index contributed by atoms with van der Waals surface area (Å²) in [6.07, 6.45) is 3.29. The molecule has 158 valence electrons. The van der Waals surface area contributed by atoms with Gasteiger partial charge >= 0.3 is 5.97 Å². The smallest absolute Gasteiger partial charge is 0.337 e. The summed E-state index contributed by atoms with van der Waals surface area (Å²) < 4.78 is 5.63. The lowest BCUT2D eigenvalue weighted by Gasteiger charge is -2.30. The quantitative estimate of drug-likeness (QED) is 0.436. The molecule has 8 heteroatoms. The lowest BCUT2D eigenvalue weighted by molar-refractivity contribution is -0.140. The number of carbonyl (C=O) groups excluding carboxylic acids is 2. The minimum absolute atomic E-state index is 0.0502. The first kappa shape index (κ1) is 21.2. The van der Waals surface area contributed by atoms with E-state index in [1.165, 1.54) is 18.3 Å². The van der Waals surface area contributed by atoms with Crippen molar-refractivity contribution in [2.45, 2.75) is 33.3 Å². The lowest BCUT2D eigenvalue weighted by atomic mass is 9.79. The predicted molar refractivity (Wildman–Crippen MR) is 121 cm³/mol. The Morgan fingerprint density at radius 1 is 1.16 bits per heavy atom. The van der Waals surface area contributed by atoms with Crippen LogP contribution in [0.4, 0.5) is 0 Å². The normalized spacial score (nSPS) is 16.5. The Kier molecular flexibility index (Phi) is 5.89. The van der Waals surface area contributed by atoms with Crippen molar-refractivity contribution in [2.24, 2.45) is 0 Å². The molecule has 0 amide bonds. The highest BCUT2D eigenvalue weighted by molar-refractivity contribution is 7.16. The highest BCUT2D eigenvalue weighted by Crippen LogP contribution is 2.43. The van der Waals surface area contributed by atoms with E-state index in [1.807, 2.05) is 31.4 Å². The van der Waals surface area contributed by atoms with Crippen molar-refractivity contribution >= 4 is 44.9 Å². The van der Waals surface area contributed by atoms with Crippen LogP contribution in [0.3, 0.4) is 0 Å². The summed E-state index contributed by atoms with van der Waals surface area (Å²) in [5.41, 5.74) is 3.96. The Labute approximate surface area is 188 Å². The average molecular weight is 454 g/mol. The summed E-state index contributed by atoms with van der Waals surface area (Å²) in [6.45, 7) is 5.23. The first-order chi connectivity index (χ1) is 14.9. The van der Waals surface area contributed by atoms with Crippen LogP contribution in [0.2, 0.25) is 5.15 Å². The number of nitrogens with zero attached hydrogens (tertiary/aromatic N) is 2. The van der Waals surface area contributed by atoms with E-state index in [0.29, 0.717) is 22.0 Å². The van der Waals surface area contributed by atoms with Gasteiger partial charge in [-0.15, -0.1) is 11.3 Å². The molecule has 0 spiro atoms. The molecule has 0 aliphatic carbocycles. The van der Waals surface area contributed by atoms with Gasteiger partial charge in [0.2, 0.25) is 0 Å². The Hall–Kier alpha value is -3.03. The molecule has 1 unspecified atom stereocenters. The van der Waals surface area contributed by atoms with Crippen LogP contribution in [-0.4, -0.2) is 21.7 Å². The third-order valence-electron chi connectivity index (χ3n) is 5.21. The maximum Gasteiger partial charge on any atom is 0.337 e. The van der Waals surface area contributed by atoms with Gasteiger partial charge in [-0.25, -0.2) is 14.8 Å². The largest absolute Gasteiger partial charge is 0.457 e. The van der Waals surface area contributed by atoms with Crippen LogP contribution >= 0.6 is 22.9 Å². The predicted octanol–water partition coefficient (Wildman–Crippen LogP) is 4.91. The number of ketones is 1. The number of allylic oxidation sites excluding steroid dienone is 3. The van der Waals surface area contributed by atoms with Gasteiger partial charge in [-0.3, -0.25) is 4.79 Å². The molecule has 1 atom stereocenters. The number of dihydropyridines is 1. The maximum atomic E-state index is 13.3. The third-order valence-corrected chi connectivity index (χ3v) is 6.34. The topological polar surface area (TPSA) is 81.2 Å². The van der Waals surface area contributed by atoms with E-state index in [9.17, 15) is 9.59 Å². The fourth-order valence-corrected chi connectivity index (χ4v) is 5.04. The van der Waals surface area contributed by atoms with Crippen LogP contribution in [0.25, 0.3) is 10.2 Å². The zero-order chi connectivity index (χ0) is 22.1. The van der Waals surface area contributed by atoms with Crippen molar-refractivity contribution in [3.8, 4) is 0 Å². The SMILES string of the molecule is CC(=O)C1=C(C)NC(C)=C(C(=O)OCc2ccnc(Cl)c2)C1c1csc2ncccc12. The number of pyridine rings is 2. The monoisotopic (exact) mass is 453 g/mol. The van der Waals surface area contributed by atoms with Crippen molar-refractivity contribution in [3.63, 3.8) is 0 Å². The van der Waals surface area contributed by atoms with E-state index >= 15 is 0 Å². The van der Waals surface area contributed by atoms with Gasteiger partial charge in [-0.1, -0.05) is 17.7 Å². The fourth-order valence-electron chi connectivity index (χ4n) is 3.91. The van der Waals surface area contributed by atoms with E-state index in [-0.39, 0.29) is 12.4 Å². The molecule has 0 bridgehead atoms. The van der Waals surface area contributed by atoms with Crippen molar-refractivity contribution in [3.05, 3.63) is 80.9 Å². The van der Waals surface area contributed by atoms with E-state index in [2.05, 4.69) is 15.3 Å². The summed E-state index contributed by atoms with van der Waals surface area (Å²) in [4.78, 5) is 35.1. The molecule has 0 fully saturated rings. The lowest BCUT2D eigenvalue weighted by Crippen LogP contribution is -2.31. The molecule has 4 rings (SSSR count). The van der Waals surface area contributed by atoms with Gasteiger partial charge in [0, 0.05) is 40.7 Å². The number of aromatic nitrogens is 2. The van der Waals surface area contributed by atoms with Gasteiger partial charge in [-0.2, -0.15) is 0 Å². The van der Waals surface area contributed by atoms with Crippen LogP contribution in [-0.2, 0) is 20.9 Å². The summed E-state index contributed by atoms with van der Waals surface area (Å²) in [7, 11) is 0. The molecule has 1 aliphatic heterocycles. The minimum atomic E-state index is -0.537. The van der Waals surface area contributed by atoms with Crippen LogP contribution in [0.15, 0.2) is 64.6 Å². The number of esters is 1. The summed E-state index contributed by atoms with van der Waals surface area (Å²) in [5, 5.41) is 6.40. The van der Waals surface area contributed by atoms with Crippen molar-refractivity contribution in [1.29, 1.82) is 0 Å².